The molecule has 0 saturated carbocycles. The Morgan fingerprint density at radius 3 is 2.29 bits per heavy atom. The number of benzene rings is 2. The van der Waals surface area contributed by atoms with Crippen molar-refractivity contribution < 1.29 is 9.13 Å². The molecule has 1 aliphatic rings. The van der Waals surface area contributed by atoms with Gasteiger partial charge in [-0.15, -0.1) is 11.8 Å². The lowest BCUT2D eigenvalue weighted by atomic mass is 10.1. The molecule has 0 bridgehead atoms. The quantitative estimate of drug-likeness (QED) is 0.449. The molecule has 0 amide bonds. The minimum absolute atomic E-state index is 0.273. The predicted octanol–water partition coefficient (Wildman–Crippen LogP) is 6.11. The van der Waals surface area contributed by atoms with Crippen molar-refractivity contribution in [2.24, 2.45) is 5.92 Å². The van der Waals surface area contributed by atoms with Crippen molar-refractivity contribution in [1.29, 1.82) is 0 Å². The Kier molecular flexibility index (Phi) is 8.29. The number of rotatable bonds is 5. The highest BCUT2D eigenvalue weighted by Gasteiger charge is 2.20. The molecular formula is C25H30FN3OS. The van der Waals surface area contributed by atoms with E-state index in [-0.39, 0.29) is 11.6 Å². The maximum absolute atomic E-state index is 13.6. The van der Waals surface area contributed by atoms with Gasteiger partial charge in [-0.2, -0.15) is 0 Å². The fourth-order valence-corrected chi connectivity index (χ4v) is 3.85. The lowest BCUT2D eigenvalue weighted by Crippen LogP contribution is -2.21. The second-order valence-corrected chi connectivity index (χ2v) is 8.54. The molecule has 1 fully saturated rings. The molecule has 4 nitrogen and oxygen atoms in total. The van der Waals surface area contributed by atoms with E-state index in [0.717, 1.165) is 42.5 Å². The summed E-state index contributed by atoms with van der Waals surface area (Å²) in [5.74, 6) is 1.62. The van der Waals surface area contributed by atoms with Crippen LogP contribution in [0.5, 0.6) is 5.75 Å². The number of nitrogens with zero attached hydrogens (tertiary/aromatic N) is 3. The van der Waals surface area contributed by atoms with E-state index in [2.05, 4.69) is 28.7 Å². The molecule has 0 spiro atoms. The summed E-state index contributed by atoms with van der Waals surface area (Å²) in [6, 6.07) is 13.0. The Morgan fingerprint density at radius 2 is 1.77 bits per heavy atom. The minimum Gasteiger partial charge on any atom is -0.494 e. The zero-order chi connectivity index (χ0) is 22.2. The topological polar surface area (TPSA) is 38.2 Å². The third-order valence-corrected chi connectivity index (χ3v) is 6.13. The Hall–Kier alpha value is -2.60. The van der Waals surface area contributed by atoms with Crippen molar-refractivity contribution in [1.82, 2.24) is 9.97 Å². The first-order valence-electron chi connectivity index (χ1n) is 10.6. The molecule has 31 heavy (non-hydrogen) atoms. The zero-order valence-electron chi connectivity index (χ0n) is 18.6. The van der Waals surface area contributed by atoms with Crippen molar-refractivity contribution in [3.63, 3.8) is 0 Å². The summed E-state index contributed by atoms with van der Waals surface area (Å²) in [5.41, 5.74) is 3.07. The van der Waals surface area contributed by atoms with Gasteiger partial charge in [0.25, 0.3) is 0 Å². The Balaban J connectivity index is 0.000000179. The second-order valence-electron chi connectivity index (χ2n) is 7.66. The van der Waals surface area contributed by atoms with Gasteiger partial charge < -0.3 is 9.64 Å². The molecule has 3 aromatic rings. The van der Waals surface area contributed by atoms with Crippen LogP contribution in [0.2, 0.25) is 0 Å². The number of thioether (sulfide) groups is 1. The van der Waals surface area contributed by atoms with E-state index in [9.17, 15) is 4.39 Å². The molecule has 1 aliphatic heterocycles. The first kappa shape index (κ1) is 23.1. The Morgan fingerprint density at radius 1 is 1.10 bits per heavy atom. The Labute approximate surface area is 188 Å². The SMILES string of the molecule is CCc1cnc(N2CCC(C)C2)nc1.COc1ccc(-c2ccc(SC)cc2)cc1F. The van der Waals surface area contributed by atoms with Crippen LogP contribution in [-0.4, -0.2) is 36.4 Å². The van der Waals surface area contributed by atoms with Gasteiger partial charge in [-0.05, 0) is 66.0 Å². The monoisotopic (exact) mass is 439 g/mol. The van der Waals surface area contributed by atoms with Gasteiger partial charge in [0.05, 0.1) is 7.11 Å². The van der Waals surface area contributed by atoms with Crippen molar-refractivity contribution in [2.45, 2.75) is 31.6 Å². The van der Waals surface area contributed by atoms with E-state index in [1.165, 1.54) is 30.1 Å². The van der Waals surface area contributed by atoms with E-state index < -0.39 is 0 Å². The van der Waals surface area contributed by atoms with E-state index in [4.69, 9.17) is 4.74 Å². The zero-order valence-corrected chi connectivity index (χ0v) is 19.5. The summed E-state index contributed by atoms with van der Waals surface area (Å²) >= 11 is 1.69. The van der Waals surface area contributed by atoms with Crippen LogP contribution in [0.25, 0.3) is 11.1 Å². The highest BCUT2D eigenvalue weighted by Crippen LogP contribution is 2.27. The number of aromatic nitrogens is 2. The normalized spacial score (nSPS) is 15.4. The molecule has 2 aromatic carbocycles. The van der Waals surface area contributed by atoms with Gasteiger partial charge in [0.1, 0.15) is 0 Å². The molecule has 1 saturated heterocycles. The van der Waals surface area contributed by atoms with Crippen LogP contribution in [0, 0.1) is 11.7 Å². The molecule has 6 heteroatoms. The predicted molar refractivity (Wildman–Crippen MR) is 128 cm³/mol. The highest BCUT2D eigenvalue weighted by molar-refractivity contribution is 7.98. The summed E-state index contributed by atoms with van der Waals surface area (Å²) in [7, 11) is 1.46. The average Bonchev–Trinajstić information content (AvgIpc) is 3.26. The number of ether oxygens (including phenoxy) is 1. The smallest absolute Gasteiger partial charge is 0.225 e. The van der Waals surface area contributed by atoms with E-state index in [0.29, 0.717) is 0 Å². The van der Waals surface area contributed by atoms with Gasteiger partial charge in [-0.25, -0.2) is 14.4 Å². The number of methoxy groups -OCH3 is 1. The van der Waals surface area contributed by atoms with Crippen LogP contribution < -0.4 is 9.64 Å². The van der Waals surface area contributed by atoms with E-state index in [1.807, 2.05) is 49.0 Å². The average molecular weight is 440 g/mol. The molecule has 0 radical (unpaired) electrons. The van der Waals surface area contributed by atoms with Crippen LogP contribution >= 0.6 is 11.8 Å². The molecule has 0 aliphatic carbocycles. The van der Waals surface area contributed by atoms with Crippen LogP contribution in [0.15, 0.2) is 59.8 Å². The number of aryl methyl sites for hydroxylation is 1. The number of halogens is 1. The lowest BCUT2D eigenvalue weighted by molar-refractivity contribution is 0.386. The van der Waals surface area contributed by atoms with E-state index in [1.54, 1.807) is 17.8 Å². The number of hydrogen-bond donors (Lipinski definition) is 0. The van der Waals surface area contributed by atoms with Crippen molar-refractivity contribution in [2.75, 3.05) is 31.4 Å². The first-order chi connectivity index (χ1) is 15.0. The molecule has 1 aromatic heterocycles. The maximum atomic E-state index is 13.6. The second kappa shape index (κ2) is 11.1. The van der Waals surface area contributed by atoms with Crippen LogP contribution in [0.1, 0.15) is 25.8 Å². The maximum Gasteiger partial charge on any atom is 0.225 e. The third kappa shape index (κ3) is 6.20. The largest absolute Gasteiger partial charge is 0.494 e. The highest BCUT2D eigenvalue weighted by atomic mass is 32.2. The molecular weight excluding hydrogens is 409 g/mol. The van der Waals surface area contributed by atoms with Gasteiger partial charge in [-0.1, -0.05) is 32.0 Å². The molecule has 164 valence electrons. The van der Waals surface area contributed by atoms with Gasteiger partial charge >= 0.3 is 0 Å². The fraction of sp³-hybridized carbons (Fsp3) is 0.360. The summed E-state index contributed by atoms with van der Waals surface area (Å²) in [6.45, 7) is 6.61. The van der Waals surface area contributed by atoms with Crippen LogP contribution in [0.4, 0.5) is 10.3 Å². The molecule has 1 atom stereocenters. The summed E-state index contributed by atoms with van der Waals surface area (Å²) in [6.07, 6.45) is 8.17. The van der Waals surface area contributed by atoms with Gasteiger partial charge in [-0.3, -0.25) is 0 Å². The van der Waals surface area contributed by atoms with Crippen molar-refractivity contribution in [3.05, 3.63) is 66.2 Å². The third-order valence-electron chi connectivity index (χ3n) is 5.38. The number of anilines is 1. The lowest BCUT2D eigenvalue weighted by Gasteiger charge is -2.15. The van der Waals surface area contributed by atoms with Gasteiger partial charge in [0.15, 0.2) is 11.6 Å². The number of hydrogen-bond acceptors (Lipinski definition) is 5. The molecule has 4 rings (SSSR count). The van der Waals surface area contributed by atoms with Crippen molar-refractivity contribution in [3.8, 4) is 16.9 Å². The summed E-state index contributed by atoms with van der Waals surface area (Å²) in [4.78, 5) is 12.2. The van der Waals surface area contributed by atoms with E-state index >= 15 is 0 Å². The van der Waals surface area contributed by atoms with Crippen LogP contribution in [0.3, 0.4) is 0 Å². The minimum atomic E-state index is -0.334. The van der Waals surface area contributed by atoms with Gasteiger partial charge in [0.2, 0.25) is 5.95 Å². The summed E-state index contributed by atoms with van der Waals surface area (Å²) in [5, 5.41) is 0. The molecule has 0 N–H and O–H groups in total. The van der Waals surface area contributed by atoms with Gasteiger partial charge in [0, 0.05) is 30.4 Å². The molecule has 1 unspecified atom stereocenters. The van der Waals surface area contributed by atoms with Crippen LogP contribution in [-0.2, 0) is 6.42 Å². The standard InChI is InChI=1S/C14H13FOS.C11H17N3/c1-16-14-8-5-11(9-13(14)15)10-3-6-12(17-2)7-4-10;1-3-10-6-12-11(13-7-10)14-5-4-9(2)8-14/h3-9H,1-2H3;6-7,9H,3-5,8H2,1-2H3. The summed E-state index contributed by atoms with van der Waals surface area (Å²) < 4.78 is 18.4. The molecule has 2 heterocycles. The van der Waals surface area contributed by atoms with Crippen molar-refractivity contribution >= 4 is 17.7 Å². The fourth-order valence-electron chi connectivity index (χ4n) is 3.44. The first-order valence-corrected chi connectivity index (χ1v) is 11.8. The Bertz CT molecular complexity index is 964.